The molecule has 0 aromatic carbocycles. The molecule has 0 aliphatic carbocycles. The molecule has 1 aliphatic rings. The molecule has 0 amide bonds. The van der Waals surface area contributed by atoms with E-state index in [-0.39, 0.29) is 5.79 Å². The Morgan fingerprint density at radius 3 is 2.64 bits per heavy atom. The molecule has 0 N–H and O–H groups in total. The van der Waals surface area contributed by atoms with Gasteiger partial charge < -0.3 is 9.47 Å². The highest BCUT2D eigenvalue weighted by molar-refractivity contribution is 4.70. The van der Waals surface area contributed by atoms with Gasteiger partial charge in [-0.25, -0.2) is 0 Å². The molecule has 0 aromatic rings. The van der Waals surface area contributed by atoms with E-state index in [1.54, 1.807) is 0 Å². The standard InChI is InChI=1S/C9H18O2/c1-4-5-6-8-7-10-9(2,3)11-8/h8H,4-7H2,1-3H3. The average molecular weight is 158 g/mol. The maximum absolute atomic E-state index is 5.63. The predicted octanol–water partition coefficient (Wildman–Crippen LogP) is 2.33. The van der Waals surface area contributed by atoms with Crippen LogP contribution in [0.1, 0.15) is 40.0 Å². The van der Waals surface area contributed by atoms with Crippen LogP contribution in [-0.4, -0.2) is 18.5 Å². The molecule has 1 fully saturated rings. The van der Waals surface area contributed by atoms with Crippen LogP contribution in [0.4, 0.5) is 0 Å². The summed E-state index contributed by atoms with van der Waals surface area (Å²) in [4.78, 5) is 0. The number of hydrogen-bond donors (Lipinski definition) is 0. The van der Waals surface area contributed by atoms with Crippen molar-refractivity contribution < 1.29 is 9.47 Å². The summed E-state index contributed by atoms with van der Waals surface area (Å²) in [6.07, 6.45) is 3.95. The third-order valence-corrected chi connectivity index (χ3v) is 1.95. The lowest BCUT2D eigenvalue weighted by atomic mass is 10.2. The van der Waals surface area contributed by atoms with Crippen LogP contribution in [0.2, 0.25) is 0 Å². The summed E-state index contributed by atoms with van der Waals surface area (Å²) >= 11 is 0. The van der Waals surface area contributed by atoms with Crippen LogP contribution in [0, 0.1) is 0 Å². The van der Waals surface area contributed by atoms with E-state index in [0.29, 0.717) is 6.10 Å². The van der Waals surface area contributed by atoms with Gasteiger partial charge in [-0.2, -0.15) is 0 Å². The Bertz CT molecular complexity index is 121. The highest BCUT2D eigenvalue weighted by Gasteiger charge is 2.31. The van der Waals surface area contributed by atoms with E-state index in [1.165, 1.54) is 12.8 Å². The molecule has 1 unspecified atom stereocenters. The molecule has 0 radical (unpaired) electrons. The minimum atomic E-state index is -0.335. The Kier molecular flexibility index (Phi) is 2.90. The first kappa shape index (κ1) is 9.01. The van der Waals surface area contributed by atoms with Crippen LogP contribution >= 0.6 is 0 Å². The van der Waals surface area contributed by atoms with Gasteiger partial charge in [0.2, 0.25) is 0 Å². The normalized spacial score (nSPS) is 29.2. The SMILES string of the molecule is CCCCC1COC(C)(C)O1. The van der Waals surface area contributed by atoms with E-state index in [4.69, 9.17) is 9.47 Å². The Hall–Kier alpha value is -0.0800. The molecular weight excluding hydrogens is 140 g/mol. The molecule has 1 rings (SSSR count). The zero-order chi connectivity index (χ0) is 8.32. The largest absolute Gasteiger partial charge is 0.348 e. The molecule has 66 valence electrons. The minimum Gasteiger partial charge on any atom is -0.348 e. The summed E-state index contributed by atoms with van der Waals surface area (Å²) in [6, 6.07) is 0. The molecule has 0 aromatic heterocycles. The third kappa shape index (κ3) is 2.80. The van der Waals surface area contributed by atoms with E-state index in [1.807, 2.05) is 13.8 Å². The summed E-state index contributed by atoms with van der Waals surface area (Å²) in [5.41, 5.74) is 0. The van der Waals surface area contributed by atoms with Crippen molar-refractivity contribution >= 4 is 0 Å². The van der Waals surface area contributed by atoms with Gasteiger partial charge in [-0.15, -0.1) is 0 Å². The Morgan fingerprint density at radius 1 is 1.45 bits per heavy atom. The van der Waals surface area contributed by atoms with Crippen LogP contribution in [0.25, 0.3) is 0 Å². The molecule has 2 heteroatoms. The number of unbranched alkanes of at least 4 members (excludes halogenated alkanes) is 1. The van der Waals surface area contributed by atoms with Gasteiger partial charge in [0.25, 0.3) is 0 Å². The van der Waals surface area contributed by atoms with Gasteiger partial charge in [0, 0.05) is 0 Å². The van der Waals surface area contributed by atoms with Gasteiger partial charge >= 0.3 is 0 Å². The van der Waals surface area contributed by atoms with Crippen molar-refractivity contribution in [2.45, 2.75) is 51.9 Å². The Morgan fingerprint density at radius 2 is 2.18 bits per heavy atom. The zero-order valence-corrected chi connectivity index (χ0v) is 7.72. The quantitative estimate of drug-likeness (QED) is 0.627. The molecule has 0 saturated carbocycles. The maximum atomic E-state index is 5.63. The topological polar surface area (TPSA) is 18.5 Å². The van der Waals surface area contributed by atoms with Crippen LogP contribution < -0.4 is 0 Å². The van der Waals surface area contributed by atoms with Crippen LogP contribution in [0.5, 0.6) is 0 Å². The molecule has 1 saturated heterocycles. The fourth-order valence-electron chi connectivity index (χ4n) is 1.34. The Labute approximate surface area is 68.9 Å². The highest BCUT2D eigenvalue weighted by Crippen LogP contribution is 2.24. The first-order valence-electron chi connectivity index (χ1n) is 4.46. The van der Waals surface area contributed by atoms with Crippen LogP contribution in [0.15, 0.2) is 0 Å². The van der Waals surface area contributed by atoms with E-state index in [2.05, 4.69) is 6.92 Å². The fraction of sp³-hybridized carbons (Fsp3) is 1.00. The lowest BCUT2D eigenvalue weighted by Gasteiger charge is -2.16. The summed E-state index contributed by atoms with van der Waals surface area (Å²) in [5, 5.41) is 0. The van der Waals surface area contributed by atoms with Crippen molar-refractivity contribution in [2.24, 2.45) is 0 Å². The fourth-order valence-corrected chi connectivity index (χ4v) is 1.34. The van der Waals surface area contributed by atoms with Gasteiger partial charge in [0.1, 0.15) is 0 Å². The minimum absolute atomic E-state index is 0.335. The molecular formula is C9H18O2. The molecule has 0 spiro atoms. The van der Waals surface area contributed by atoms with Crippen molar-refractivity contribution in [3.8, 4) is 0 Å². The number of rotatable bonds is 3. The molecule has 2 nitrogen and oxygen atoms in total. The average Bonchev–Trinajstić information content (AvgIpc) is 2.26. The molecule has 1 aliphatic heterocycles. The summed E-state index contributed by atoms with van der Waals surface area (Å²) < 4.78 is 11.1. The zero-order valence-electron chi connectivity index (χ0n) is 7.72. The lowest BCUT2D eigenvalue weighted by Crippen LogP contribution is -2.21. The second-order valence-corrected chi connectivity index (χ2v) is 3.59. The first-order chi connectivity index (χ1) is 5.14. The predicted molar refractivity (Wildman–Crippen MR) is 44.4 cm³/mol. The number of ether oxygens (including phenoxy) is 2. The summed E-state index contributed by atoms with van der Waals surface area (Å²) in [6.45, 7) is 6.91. The molecule has 11 heavy (non-hydrogen) atoms. The van der Waals surface area contributed by atoms with Crippen LogP contribution in [0.3, 0.4) is 0 Å². The second kappa shape index (κ2) is 3.55. The molecule has 1 heterocycles. The third-order valence-electron chi connectivity index (χ3n) is 1.95. The van der Waals surface area contributed by atoms with Crippen molar-refractivity contribution in [3.05, 3.63) is 0 Å². The van der Waals surface area contributed by atoms with Gasteiger partial charge in [-0.3, -0.25) is 0 Å². The van der Waals surface area contributed by atoms with E-state index in [9.17, 15) is 0 Å². The van der Waals surface area contributed by atoms with Crippen molar-refractivity contribution in [1.82, 2.24) is 0 Å². The summed E-state index contributed by atoms with van der Waals surface area (Å²) in [7, 11) is 0. The smallest absolute Gasteiger partial charge is 0.163 e. The second-order valence-electron chi connectivity index (χ2n) is 3.59. The summed E-state index contributed by atoms with van der Waals surface area (Å²) in [5.74, 6) is -0.335. The van der Waals surface area contributed by atoms with Crippen LogP contribution in [-0.2, 0) is 9.47 Å². The monoisotopic (exact) mass is 158 g/mol. The van der Waals surface area contributed by atoms with Gasteiger partial charge in [-0.1, -0.05) is 19.8 Å². The van der Waals surface area contributed by atoms with Crippen molar-refractivity contribution in [1.29, 1.82) is 0 Å². The van der Waals surface area contributed by atoms with E-state index in [0.717, 1.165) is 13.0 Å². The first-order valence-corrected chi connectivity index (χ1v) is 4.46. The molecule has 1 atom stereocenters. The van der Waals surface area contributed by atoms with Gasteiger partial charge in [0.05, 0.1) is 12.7 Å². The van der Waals surface area contributed by atoms with Crippen molar-refractivity contribution in [2.75, 3.05) is 6.61 Å². The number of hydrogen-bond acceptors (Lipinski definition) is 2. The highest BCUT2D eigenvalue weighted by atomic mass is 16.7. The van der Waals surface area contributed by atoms with Crippen molar-refractivity contribution in [3.63, 3.8) is 0 Å². The van der Waals surface area contributed by atoms with E-state index < -0.39 is 0 Å². The maximum Gasteiger partial charge on any atom is 0.163 e. The Balaban J connectivity index is 2.20. The molecule has 0 bridgehead atoms. The van der Waals surface area contributed by atoms with E-state index >= 15 is 0 Å². The van der Waals surface area contributed by atoms with Gasteiger partial charge in [-0.05, 0) is 20.3 Å². The lowest BCUT2D eigenvalue weighted by molar-refractivity contribution is -0.139. The van der Waals surface area contributed by atoms with Gasteiger partial charge in [0.15, 0.2) is 5.79 Å².